The van der Waals surface area contributed by atoms with Crippen LogP contribution >= 0.6 is 0 Å². The number of carbonyl (C=O) groups excluding carboxylic acids is 2. The number of aromatic nitrogens is 1. The average molecular weight is 368 g/mol. The lowest BCUT2D eigenvalue weighted by molar-refractivity contribution is -0.386. The summed E-state index contributed by atoms with van der Waals surface area (Å²) in [6.45, 7) is 3.36. The summed E-state index contributed by atoms with van der Waals surface area (Å²) in [4.78, 5) is 39.0. The third-order valence-corrected chi connectivity index (χ3v) is 3.66. The van der Waals surface area contributed by atoms with Gasteiger partial charge in [-0.1, -0.05) is 0 Å². The number of hydrogen-bond acceptors (Lipinski definition) is 8. The number of nitro groups is 1. The number of nitrogens with zero attached hydrogens (tertiary/aromatic N) is 3. The van der Waals surface area contributed by atoms with Crippen LogP contribution in [0.5, 0.6) is 5.75 Å². The van der Waals surface area contributed by atoms with E-state index >= 15 is 0 Å². The van der Waals surface area contributed by atoms with Crippen LogP contribution in [0.4, 0.5) is 10.5 Å². The van der Waals surface area contributed by atoms with Crippen molar-refractivity contribution in [3.05, 3.63) is 28.1 Å². The van der Waals surface area contributed by atoms with Gasteiger partial charge in [0.05, 0.1) is 24.7 Å². The summed E-state index contributed by atoms with van der Waals surface area (Å²) in [6.07, 6.45) is -0.157. The largest absolute Gasteiger partial charge is 0.487 e. The van der Waals surface area contributed by atoms with E-state index < -0.39 is 17.1 Å². The molecule has 1 aliphatic rings. The molecule has 1 aromatic rings. The van der Waals surface area contributed by atoms with Gasteiger partial charge in [-0.25, -0.2) is 9.78 Å². The zero-order valence-corrected chi connectivity index (χ0v) is 14.3. The van der Waals surface area contributed by atoms with E-state index in [1.54, 1.807) is 11.8 Å². The van der Waals surface area contributed by atoms with Crippen molar-refractivity contribution in [1.29, 1.82) is 0 Å². The summed E-state index contributed by atoms with van der Waals surface area (Å²) in [6, 6.07) is 1.25. The highest BCUT2D eigenvalue weighted by molar-refractivity contribution is 5.93. The zero-order chi connectivity index (χ0) is 19.1. The fraction of sp³-hybridized carbons (Fsp3) is 0.533. The Balaban J connectivity index is 2.08. The first-order valence-corrected chi connectivity index (χ1v) is 7.99. The van der Waals surface area contributed by atoms with Crippen LogP contribution in [0.2, 0.25) is 0 Å². The number of carbonyl (C=O) groups is 2. The molecule has 0 aliphatic carbocycles. The lowest BCUT2D eigenvalue weighted by Crippen LogP contribution is -2.41. The maximum Gasteiger partial charge on any atom is 0.404 e. The summed E-state index contributed by atoms with van der Waals surface area (Å²) in [5.74, 6) is -0.425. The first kappa shape index (κ1) is 19.4. The summed E-state index contributed by atoms with van der Waals surface area (Å²) in [5, 5.41) is 11.1. The van der Waals surface area contributed by atoms with E-state index in [1.165, 1.54) is 6.07 Å². The number of hydrogen-bond donors (Lipinski definition) is 1. The van der Waals surface area contributed by atoms with Gasteiger partial charge in [0.1, 0.15) is 18.0 Å². The number of pyridine rings is 1. The third kappa shape index (κ3) is 5.28. The second-order valence-corrected chi connectivity index (χ2v) is 5.58. The van der Waals surface area contributed by atoms with E-state index in [1.807, 2.05) is 0 Å². The molecule has 0 saturated carbocycles. The van der Waals surface area contributed by atoms with Crippen molar-refractivity contribution >= 4 is 17.7 Å². The number of ether oxygens (including phenoxy) is 3. The fourth-order valence-corrected chi connectivity index (χ4v) is 2.32. The number of primary amides is 1. The van der Waals surface area contributed by atoms with E-state index in [-0.39, 0.29) is 36.1 Å². The summed E-state index contributed by atoms with van der Waals surface area (Å²) in [5.41, 5.74) is 4.61. The van der Waals surface area contributed by atoms with Crippen LogP contribution < -0.4 is 10.5 Å². The van der Waals surface area contributed by atoms with Crippen molar-refractivity contribution < 1.29 is 28.7 Å². The van der Waals surface area contributed by atoms with E-state index in [2.05, 4.69) is 4.98 Å². The van der Waals surface area contributed by atoms with Gasteiger partial charge in [-0.3, -0.25) is 14.9 Å². The smallest absolute Gasteiger partial charge is 0.404 e. The van der Waals surface area contributed by atoms with Crippen molar-refractivity contribution in [1.82, 2.24) is 9.88 Å². The Morgan fingerprint density at radius 3 is 2.77 bits per heavy atom. The van der Waals surface area contributed by atoms with Gasteiger partial charge in [-0.2, -0.15) is 0 Å². The predicted molar refractivity (Wildman–Crippen MR) is 87.9 cm³/mol. The highest BCUT2D eigenvalue weighted by Gasteiger charge is 2.24. The molecule has 11 nitrogen and oxygen atoms in total. The summed E-state index contributed by atoms with van der Waals surface area (Å²) >= 11 is 0. The molecule has 11 heteroatoms. The lowest BCUT2D eigenvalue weighted by atomic mass is 10.2. The van der Waals surface area contributed by atoms with Gasteiger partial charge < -0.3 is 24.8 Å². The van der Waals surface area contributed by atoms with Gasteiger partial charge in [-0.05, 0) is 6.92 Å². The Bertz CT molecular complexity index is 676. The summed E-state index contributed by atoms with van der Waals surface area (Å²) in [7, 11) is 0. The maximum atomic E-state index is 12.4. The van der Waals surface area contributed by atoms with E-state index in [9.17, 15) is 19.7 Å². The molecule has 0 aromatic carbocycles. The number of nitrogens with two attached hydrogens (primary N) is 1. The molecule has 1 aliphatic heterocycles. The molecular weight excluding hydrogens is 348 g/mol. The average Bonchev–Trinajstić information content (AvgIpc) is 2.61. The Morgan fingerprint density at radius 2 is 2.15 bits per heavy atom. The molecule has 1 fully saturated rings. The van der Waals surface area contributed by atoms with Crippen LogP contribution in [0.3, 0.4) is 0 Å². The highest BCUT2D eigenvalue weighted by atomic mass is 16.6. The van der Waals surface area contributed by atoms with Crippen molar-refractivity contribution in [2.75, 3.05) is 32.9 Å². The molecule has 1 unspecified atom stereocenters. The molecule has 1 atom stereocenters. The van der Waals surface area contributed by atoms with Gasteiger partial charge in [0, 0.05) is 25.6 Å². The predicted octanol–water partition coefficient (Wildman–Crippen LogP) is 0.715. The monoisotopic (exact) mass is 368 g/mol. The highest BCUT2D eigenvalue weighted by Crippen LogP contribution is 2.27. The van der Waals surface area contributed by atoms with Crippen molar-refractivity contribution in [2.24, 2.45) is 5.73 Å². The second-order valence-electron chi connectivity index (χ2n) is 5.58. The molecule has 0 spiro atoms. The Kier molecular flexibility index (Phi) is 6.67. The van der Waals surface area contributed by atoms with E-state index in [0.29, 0.717) is 26.3 Å². The van der Waals surface area contributed by atoms with Gasteiger partial charge in [0.15, 0.2) is 0 Å². The number of amides is 2. The molecule has 1 aromatic heterocycles. The second kappa shape index (κ2) is 8.94. The molecule has 2 N–H and O–H groups in total. The van der Waals surface area contributed by atoms with Crippen molar-refractivity contribution in [2.45, 2.75) is 19.4 Å². The molecule has 26 heavy (non-hydrogen) atoms. The number of morpholine rings is 1. The summed E-state index contributed by atoms with van der Waals surface area (Å²) < 4.78 is 15.4. The van der Waals surface area contributed by atoms with Gasteiger partial charge >= 0.3 is 11.8 Å². The van der Waals surface area contributed by atoms with Crippen LogP contribution in [0.25, 0.3) is 0 Å². The van der Waals surface area contributed by atoms with Crippen LogP contribution in [-0.2, 0) is 9.47 Å². The topological polar surface area (TPSA) is 147 Å². The van der Waals surface area contributed by atoms with Gasteiger partial charge in [0.2, 0.25) is 5.75 Å². The Morgan fingerprint density at radius 1 is 1.46 bits per heavy atom. The molecule has 0 radical (unpaired) electrons. The minimum absolute atomic E-state index is 0.0322. The van der Waals surface area contributed by atoms with E-state index in [4.69, 9.17) is 19.9 Å². The standard InChI is InChI=1S/C15H20N4O7/c1-10(26-15(16)21)2-5-25-13-8-11(17-9-12(13)19(22)23)14(20)18-3-6-24-7-4-18/h8-10H,2-7H2,1H3,(H2,16,21). The van der Waals surface area contributed by atoms with E-state index in [0.717, 1.165) is 6.20 Å². The molecule has 0 bridgehead atoms. The van der Waals surface area contributed by atoms with Crippen LogP contribution in [0.15, 0.2) is 12.3 Å². The molecule has 142 valence electrons. The van der Waals surface area contributed by atoms with Gasteiger partial charge in [-0.15, -0.1) is 0 Å². The first-order chi connectivity index (χ1) is 12.4. The Hall–Kier alpha value is -2.95. The molecule has 2 heterocycles. The van der Waals surface area contributed by atoms with Crippen molar-refractivity contribution in [3.8, 4) is 5.75 Å². The Labute approximate surface area is 149 Å². The zero-order valence-electron chi connectivity index (χ0n) is 14.3. The normalized spacial score (nSPS) is 15.2. The maximum absolute atomic E-state index is 12.4. The first-order valence-electron chi connectivity index (χ1n) is 7.99. The fourth-order valence-electron chi connectivity index (χ4n) is 2.32. The minimum Gasteiger partial charge on any atom is -0.487 e. The quantitative estimate of drug-likeness (QED) is 0.547. The van der Waals surface area contributed by atoms with Crippen LogP contribution in [-0.4, -0.2) is 65.8 Å². The van der Waals surface area contributed by atoms with Crippen LogP contribution in [0.1, 0.15) is 23.8 Å². The third-order valence-electron chi connectivity index (χ3n) is 3.66. The molecule has 2 amide bonds. The van der Waals surface area contributed by atoms with Crippen LogP contribution in [0, 0.1) is 10.1 Å². The SMILES string of the molecule is CC(CCOc1cc(C(=O)N2CCOCC2)ncc1[N+](=O)[O-])OC(N)=O. The minimum atomic E-state index is -0.911. The molecular formula is C15H20N4O7. The van der Waals surface area contributed by atoms with Gasteiger partial charge in [0.25, 0.3) is 5.91 Å². The molecule has 2 rings (SSSR count). The molecule has 1 saturated heterocycles. The lowest BCUT2D eigenvalue weighted by Gasteiger charge is -2.26. The number of rotatable bonds is 7. The van der Waals surface area contributed by atoms with Crippen molar-refractivity contribution in [3.63, 3.8) is 0 Å².